The first-order chi connectivity index (χ1) is 9.62. The zero-order valence-corrected chi connectivity index (χ0v) is 11.8. The van der Waals surface area contributed by atoms with Crippen molar-refractivity contribution >= 4 is 10.0 Å². The number of sulfonamides is 1. The molecule has 2 aromatic heterocycles. The lowest BCUT2D eigenvalue weighted by Gasteiger charge is -2.04. The average Bonchev–Trinajstić information content (AvgIpc) is 3.07. The first-order valence-electron chi connectivity index (χ1n) is 6.31. The molecule has 0 bridgehead atoms. The minimum Gasteiger partial charge on any atom is -0.330 e. The number of nitrogens with two attached hydrogens (primary N) is 1. The molecule has 2 rings (SSSR count). The van der Waals surface area contributed by atoms with Crippen LogP contribution in [0.1, 0.15) is 6.42 Å². The fourth-order valence-corrected chi connectivity index (χ4v) is 2.64. The van der Waals surface area contributed by atoms with E-state index in [1.54, 1.807) is 27.8 Å². The molecule has 0 unspecified atom stereocenters. The maximum absolute atomic E-state index is 12.0. The van der Waals surface area contributed by atoms with Crippen molar-refractivity contribution in [1.29, 1.82) is 0 Å². The molecule has 20 heavy (non-hydrogen) atoms. The molecule has 110 valence electrons. The van der Waals surface area contributed by atoms with Crippen molar-refractivity contribution in [2.75, 3.05) is 13.1 Å². The Morgan fingerprint density at radius 1 is 1.25 bits per heavy atom. The third-order valence-corrected chi connectivity index (χ3v) is 4.12. The number of aromatic nitrogens is 4. The Bertz CT molecular complexity index is 619. The van der Waals surface area contributed by atoms with Crippen LogP contribution in [-0.2, 0) is 23.1 Å². The summed E-state index contributed by atoms with van der Waals surface area (Å²) in [5.74, 6) is 0. The fraction of sp³-hybridized carbons (Fsp3) is 0.455. The highest BCUT2D eigenvalue weighted by Gasteiger charge is 2.15. The van der Waals surface area contributed by atoms with Crippen molar-refractivity contribution in [1.82, 2.24) is 24.3 Å². The minimum atomic E-state index is -3.52. The highest BCUT2D eigenvalue weighted by atomic mass is 32.2. The molecular formula is C11H18N6O2S. The van der Waals surface area contributed by atoms with Crippen LogP contribution in [0.5, 0.6) is 0 Å². The van der Waals surface area contributed by atoms with Crippen LogP contribution in [0.2, 0.25) is 0 Å². The number of rotatable bonds is 8. The van der Waals surface area contributed by atoms with E-state index in [1.165, 1.54) is 12.4 Å². The van der Waals surface area contributed by atoms with Gasteiger partial charge >= 0.3 is 0 Å². The third kappa shape index (κ3) is 3.89. The van der Waals surface area contributed by atoms with Gasteiger partial charge in [0.05, 0.1) is 12.7 Å². The second-order valence-corrected chi connectivity index (χ2v) is 6.02. The Hall–Kier alpha value is -1.71. The van der Waals surface area contributed by atoms with E-state index >= 15 is 0 Å². The number of nitrogens with zero attached hydrogens (tertiary/aromatic N) is 4. The maximum Gasteiger partial charge on any atom is 0.243 e. The van der Waals surface area contributed by atoms with Gasteiger partial charge in [0, 0.05) is 31.7 Å². The first kappa shape index (κ1) is 14.7. The summed E-state index contributed by atoms with van der Waals surface area (Å²) in [4.78, 5) is 0.162. The van der Waals surface area contributed by atoms with Crippen LogP contribution in [0.25, 0.3) is 0 Å². The van der Waals surface area contributed by atoms with Gasteiger partial charge < -0.3 is 5.73 Å². The second kappa shape index (κ2) is 6.64. The number of hydrogen-bond acceptors (Lipinski definition) is 5. The van der Waals surface area contributed by atoms with Gasteiger partial charge in [0.1, 0.15) is 4.90 Å². The van der Waals surface area contributed by atoms with E-state index in [0.29, 0.717) is 19.6 Å². The van der Waals surface area contributed by atoms with E-state index in [1.807, 2.05) is 0 Å². The molecular weight excluding hydrogens is 280 g/mol. The summed E-state index contributed by atoms with van der Waals surface area (Å²) in [6.45, 7) is 1.91. The summed E-state index contributed by atoms with van der Waals surface area (Å²) in [6, 6.07) is 1.79. The minimum absolute atomic E-state index is 0.162. The lowest BCUT2D eigenvalue weighted by molar-refractivity contribution is 0.559. The van der Waals surface area contributed by atoms with Crippen molar-refractivity contribution in [2.24, 2.45) is 5.73 Å². The van der Waals surface area contributed by atoms with E-state index in [-0.39, 0.29) is 11.4 Å². The monoisotopic (exact) mass is 298 g/mol. The standard InChI is InChI=1S/C11H18N6O2S/c12-3-1-6-17-10-11(9-14-17)20(18,19)15-5-8-16-7-2-4-13-16/h2,4,7,9-10,15H,1,3,5-6,8,12H2. The highest BCUT2D eigenvalue weighted by molar-refractivity contribution is 7.89. The van der Waals surface area contributed by atoms with Crippen LogP contribution in [0.15, 0.2) is 35.7 Å². The normalized spacial score (nSPS) is 11.8. The molecule has 0 aliphatic carbocycles. The quantitative estimate of drug-likeness (QED) is 0.677. The van der Waals surface area contributed by atoms with Gasteiger partial charge in [-0.05, 0) is 19.0 Å². The highest BCUT2D eigenvalue weighted by Crippen LogP contribution is 2.06. The summed E-state index contributed by atoms with van der Waals surface area (Å²) >= 11 is 0. The lowest BCUT2D eigenvalue weighted by atomic mass is 10.4. The van der Waals surface area contributed by atoms with Gasteiger partial charge in [0.25, 0.3) is 0 Å². The van der Waals surface area contributed by atoms with Gasteiger partial charge in [-0.1, -0.05) is 0 Å². The Kier molecular flexibility index (Phi) is 4.88. The first-order valence-corrected chi connectivity index (χ1v) is 7.80. The predicted molar refractivity (Wildman–Crippen MR) is 73.3 cm³/mol. The Morgan fingerprint density at radius 2 is 2.10 bits per heavy atom. The van der Waals surface area contributed by atoms with Gasteiger partial charge in [-0.3, -0.25) is 9.36 Å². The van der Waals surface area contributed by atoms with Crippen molar-refractivity contribution < 1.29 is 8.42 Å². The Morgan fingerprint density at radius 3 is 2.80 bits per heavy atom. The zero-order chi connectivity index (χ0) is 14.4. The molecule has 9 heteroatoms. The molecule has 8 nitrogen and oxygen atoms in total. The van der Waals surface area contributed by atoms with E-state index in [0.717, 1.165) is 6.42 Å². The largest absolute Gasteiger partial charge is 0.330 e. The fourth-order valence-electron chi connectivity index (χ4n) is 1.67. The van der Waals surface area contributed by atoms with Crippen molar-refractivity contribution in [3.8, 4) is 0 Å². The van der Waals surface area contributed by atoms with Gasteiger partial charge in [-0.25, -0.2) is 13.1 Å². The van der Waals surface area contributed by atoms with Crippen molar-refractivity contribution in [2.45, 2.75) is 24.4 Å². The summed E-state index contributed by atoms with van der Waals surface area (Å²) in [5, 5.41) is 8.00. The molecule has 0 fully saturated rings. The van der Waals surface area contributed by atoms with Gasteiger partial charge in [0.15, 0.2) is 0 Å². The van der Waals surface area contributed by atoms with E-state index in [9.17, 15) is 8.42 Å². The van der Waals surface area contributed by atoms with Crippen molar-refractivity contribution in [3.63, 3.8) is 0 Å². The van der Waals surface area contributed by atoms with E-state index < -0.39 is 10.0 Å². The summed E-state index contributed by atoms with van der Waals surface area (Å²) in [7, 11) is -3.52. The molecule has 0 aromatic carbocycles. The smallest absolute Gasteiger partial charge is 0.243 e. The van der Waals surface area contributed by atoms with Gasteiger partial charge in [-0.2, -0.15) is 10.2 Å². The molecule has 0 saturated heterocycles. The molecule has 0 spiro atoms. The van der Waals surface area contributed by atoms with E-state index in [4.69, 9.17) is 5.73 Å². The van der Waals surface area contributed by atoms with Crippen LogP contribution in [-0.4, -0.2) is 41.1 Å². The Labute approximate surface area is 117 Å². The number of nitrogens with one attached hydrogen (secondary N) is 1. The van der Waals surface area contributed by atoms with Crippen LogP contribution in [0.4, 0.5) is 0 Å². The number of aryl methyl sites for hydroxylation is 1. The van der Waals surface area contributed by atoms with Crippen LogP contribution >= 0.6 is 0 Å². The molecule has 0 radical (unpaired) electrons. The Balaban J connectivity index is 1.90. The molecule has 0 saturated carbocycles. The van der Waals surface area contributed by atoms with E-state index in [2.05, 4.69) is 14.9 Å². The molecule has 0 aliphatic heterocycles. The lowest BCUT2D eigenvalue weighted by Crippen LogP contribution is -2.27. The summed E-state index contributed by atoms with van der Waals surface area (Å²) < 4.78 is 29.8. The number of hydrogen-bond donors (Lipinski definition) is 2. The SMILES string of the molecule is NCCCn1cc(S(=O)(=O)NCCn2cccn2)cn1. The van der Waals surface area contributed by atoms with Gasteiger partial charge in [0.2, 0.25) is 10.0 Å². The second-order valence-electron chi connectivity index (χ2n) is 4.25. The predicted octanol–water partition coefficient (Wildman–Crippen LogP) is -0.593. The van der Waals surface area contributed by atoms with Crippen LogP contribution in [0, 0.1) is 0 Å². The van der Waals surface area contributed by atoms with Gasteiger partial charge in [-0.15, -0.1) is 0 Å². The van der Waals surface area contributed by atoms with Crippen LogP contribution in [0.3, 0.4) is 0 Å². The van der Waals surface area contributed by atoms with Crippen molar-refractivity contribution in [3.05, 3.63) is 30.9 Å². The van der Waals surface area contributed by atoms with Crippen LogP contribution < -0.4 is 10.5 Å². The molecule has 0 amide bonds. The maximum atomic E-state index is 12.0. The third-order valence-electron chi connectivity index (χ3n) is 2.70. The topological polar surface area (TPSA) is 108 Å². The molecule has 3 N–H and O–H groups in total. The zero-order valence-electron chi connectivity index (χ0n) is 11.0. The molecule has 0 aliphatic rings. The summed E-state index contributed by atoms with van der Waals surface area (Å²) in [5.41, 5.74) is 5.40. The molecule has 2 heterocycles. The molecule has 2 aromatic rings. The molecule has 0 atom stereocenters. The average molecular weight is 298 g/mol. The summed E-state index contributed by atoms with van der Waals surface area (Å²) in [6.07, 6.45) is 7.03.